The van der Waals surface area contributed by atoms with Gasteiger partial charge in [0.2, 0.25) is 5.91 Å². The van der Waals surface area contributed by atoms with Crippen molar-refractivity contribution in [3.05, 3.63) is 58.8 Å². The smallest absolute Gasteiger partial charge is 0.249 e. The maximum Gasteiger partial charge on any atom is 0.249 e. The standard InChI is InChI=1S/C14H14N6OS/c21-14(16-7-6-12-15-8-9-22-12)13(20-10-17-18-19-20)11-4-2-1-3-5-11/h1-5,8-10,13H,6-7H2,(H,16,21). The lowest BCUT2D eigenvalue weighted by Gasteiger charge is -2.16. The summed E-state index contributed by atoms with van der Waals surface area (Å²) in [4.78, 5) is 16.7. The average molecular weight is 314 g/mol. The zero-order chi connectivity index (χ0) is 15.2. The van der Waals surface area contributed by atoms with Crippen LogP contribution in [-0.2, 0) is 11.2 Å². The highest BCUT2D eigenvalue weighted by Crippen LogP contribution is 2.16. The molecule has 0 aliphatic heterocycles. The number of thiazole rings is 1. The molecule has 112 valence electrons. The molecule has 2 aromatic heterocycles. The van der Waals surface area contributed by atoms with Gasteiger partial charge in [-0.25, -0.2) is 9.67 Å². The highest BCUT2D eigenvalue weighted by molar-refractivity contribution is 7.09. The summed E-state index contributed by atoms with van der Waals surface area (Å²) in [5.41, 5.74) is 0.835. The topological polar surface area (TPSA) is 85.6 Å². The van der Waals surface area contributed by atoms with E-state index in [9.17, 15) is 4.79 Å². The molecule has 1 N–H and O–H groups in total. The Morgan fingerprint density at radius 1 is 1.32 bits per heavy atom. The molecule has 22 heavy (non-hydrogen) atoms. The number of nitrogens with zero attached hydrogens (tertiary/aromatic N) is 5. The zero-order valence-corrected chi connectivity index (χ0v) is 12.5. The van der Waals surface area contributed by atoms with Crippen LogP contribution in [0.25, 0.3) is 0 Å². The van der Waals surface area contributed by atoms with Gasteiger partial charge in [0.05, 0.1) is 5.01 Å². The molecule has 0 saturated carbocycles. The summed E-state index contributed by atoms with van der Waals surface area (Å²) >= 11 is 1.58. The van der Waals surface area contributed by atoms with Gasteiger partial charge in [0, 0.05) is 24.5 Å². The molecular formula is C14H14N6OS. The van der Waals surface area contributed by atoms with Gasteiger partial charge in [0.25, 0.3) is 0 Å². The van der Waals surface area contributed by atoms with E-state index in [4.69, 9.17) is 0 Å². The minimum Gasteiger partial charge on any atom is -0.354 e. The van der Waals surface area contributed by atoms with E-state index in [1.807, 2.05) is 35.7 Å². The molecule has 1 atom stereocenters. The Morgan fingerprint density at radius 3 is 2.86 bits per heavy atom. The molecule has 2 heterocycles. The number of carbonyl (C=O) groups excluding carboxylic acids is 1. The van der Waals surface area contributed by atoms with Crippen molar-refractivity contribution in [1.29, 1.82) is 0 Å². The first kappa shape index (κ1) is 14.3. The van der Waals surface area contributed by atoms with E-state index in [-0.39, 0.29) is 5.91 Å². The number of benzene rings is 1. The van der Waals surface area contributed by atoms with Crippen LogP contribution in [0.2, 0.25) is 0 Å². The van der Waals surface area contributed by atoms with Crippen molar-refractivity contribution in [2.24, 2.45) is 0 Å². The number of nitrogens with one attached hydrogen (secondary N) is 1. The van der Waals surface area contributed by atoms with Crippen molar-refractivity contribution in [1.82, 2.24) is 30.5 Å². The van der Waals surface area contributed by atoms with E-state index < -0.39 is 6.04 Å². The second-order valence-corrected chi connectivity index (χ2v) is 5.55. The number of aromatic nitrogens is 5. The molecule has 0 fully saturated rings. The fourth-order valence-electron chi connectivity index (χ4n) is 2.11. The fraction of sp³-hybridized carbons (Fsp3) is 0.214. The van der Waals surface area contributed by atoms with Crippen molar-refractivity contribution in [3.63, 3.8) is 0 Å². The largest absolute Gasteiger partial charge is 0.354 e. The van der Waals surface area contributed by atoms with Crippen LogP contribution >= 0.6 is 11.3 Å². The maximum absolute atomic E-state index is 12.5. The van der Waals surface area contributed by atoms with Gasteiger partial charge in [0.15, 0.2) is 6.04 Å². The monoisotopic (exact) mass is 314 g/mol. The molecule has 1 aromatic carbocycles. The molecule has 1 unspecified atom stereocenters. The fourth-order valence-corrected chi connectivity index (χ4v) is 2.73. The number of carbonyl (C=O) groups is 1. The summed E-state index contributed by atoms with van der Waals surface area (Å²) in [5, 5.41) is 16.9. The molecule has 0 saturated heterocycles. The Bertz CT molecular complexity index is 698. The van der Waals surface area contributed by atoms with Crippen LogP contribution in [0.3, 0.4) is 0 Å². The lowest BCUT2D eigenvalue weighted by atomic mass is 10.1. The number of rotatable bonds is 6. The molecule has 3 aromatic rings. The van der Waals surface area contributed by atoms with Crippen LogP contribution in [0, 0.1) is 0 Å². The van der Waals surface area contributed by atoms with Crippen molar-refractivity contribution < 1.29 is 4.79 Å². The Balaban J connectivity index is 1.70. The third-order valence-corrected chi connectivity index (χ3v) is 3.95. The number of hydrogen-bond acceptors (Lipinski definition) is 6. The van der Waals surface area contributed by atoms with Crippen LogP contribution in [0.1, 0.15) is 16.6 Å². The van der Waals surface area contributed by atoms with E-state index in [0.29, 0.717) is 13.0 Å². The van der Waals surface area contributed by atoms with E-state index in [0.717, 1.165) is 10.6 Å². The molecule has 3 rings (SSSR count). The van der Waals surface area contributed by atoms with Crippen LogP contribution in [0.5, 0.6) is 0 Å². The Morgan fingerprint density at radius 2 is 2.18 bits per heavy atom. The SMILES string of the molecule is O=C(NCCc1nccs1)C(c1ccccc1)n1cnnn1. The van der Waals surface area contributed by atoms with E-state index in [1.54, 1.807) is 17.5 Å². The van der Waals surface area contributed by atoms with Crippen LogP contribution < -0.4 is 5.32 Å². The Hall–Kier alpha value is -2.61. The van der Waals surface area contributed by atoms with Gasteiger partial charge >= 0.3 is 0 Å². The minimum absolute atomic E-state index is 0.143. The van der Waals surface area contributed by atoms with E-state index in [2.05, 4.69) is 25.8 Å². The first-order chi connectivity index (χ1) is 10.8. The van der Waals surface area contributed by atoms with Crippen LogP contribution in [0.4, 0.5) is 0 Å². The molecule has 0 aliphatic carbocycles. The van der Waals surface area contributed by atoms with E-state index in [1.165, 1.54) is 11.0 Å². The molecule has 7 nitrogen and oxygen atoms in total. The normalized spacial score (nSPS) is 12.0. The predicted molar refractivity (Wildman–Crippen MR) is 81.2 cm³/mol. The minimum atomic E-state index is -0.576. The maximum atomic E-state index is 12.5. The highest BCUT2D eigenvalue weighted by atomic mass is 32.1. The number of tetrazole rings is 1. The number of amides is 1. The van der Waals surface area contributed by atoms with Gasteiger partial charge in [-0.05, 0) is 16.0 Å². The molecular weight excluding hydrogens is 300 g/mol. The molecule has 8 heteroatoms. The highest BCUT2D eigenvalue weighted by Gasteiger charge is 2.23. The number of hydrogen-bond donors (Lipinski definition) is 1. The van der Waals surface area contributed by atoms with Crippen molar-refractivity contribution in [2.75, 3.05) is 6.54 Å². The summed E-state index contributed by atoms with van der Waals surface area (Å²) in [7, 11) is 0. The van der Waals surface area contributed by atoms with Gasteiger partial charge in [-0.2, -0.15) is 0 Å². The van der Waals surface area contributed by atoms with Crippen molar-refractivity contribution in [2.45, 2.75) is 12.5 Å². The first-order valence-electron chi connectivity index (χ1n) is 6.78. The zero-order valence-electron chi connectivity index (χ0n) is 11.7. The quantitative estimate of drug-likeness (QED) is 0.736. The van der Waals surface area contributed by atoms with Gasteiger partial charge in [-0.1, -0.05) is 30.3 Å². The average Bonchev–Trinajstić information content (AvgIpc) is 3.22. The second-order valence-electron chi connectivity index (χ2n) is 4.57. The van der Waals surface area contributed by atoms with Crippen molar-refractivity contribution >= 4 is 17.2 Å². The summed E-state index contributed by atoms with van der Waals surface area (Å²) < 4.78 is 1.45. The lowest BCUT2D eigenvalue weighted by molar-refractivity contribution is -0.123. The predicted octanol–water partition coefficient (Wildman–Crippen LogP) is 1.08. The molecule has 1 amide bonds. The lowest BCUT2D eigenvalue weighted by Crippen LogP contribution is -2.34. The van der Waals surface area contributed by atoms with Crippen molar-refractivity contribution in [3.8, 4) is 0 Å². The van der Waals surface area contributed by atoms with Gasteiger partial charge < -0.3 is 5.32 Å². The molecule has 0 radical (unpaired) electrons. The summed E-state index contributed by atoms with van der Waals surface area (Å²) in [6, 6.07) is 8.86. The Labute approximate surface area is 131 Å². The van der Waals surface area contributed by atoms with Crippen LogP contribution in [-0.4, -0.2) is 37.6 Å². The molecule has 0 bridgehead atoms. The summed E-state index contributed by atoms with van der Waals surface area (Å²) in [6.45, 7) is 0.526. The van der Waals surface area contributed by atoms with Crippen LogP contribution in [0.15, 0.2) is 48.2 Å². The molecule has 0 spiro atoms. The van der Waals surface area contributed by atoms with Gasteiger partial charge in [0.1, 0.15) is 6.33 Å². The summed E-state index contributed by atoms with van der Waals surface area (Å²) in [6.07, 6.45) is 3.91. The Kier molecular flexibility index (Phi) is 4.50. The third-order valence-electron chi connectivity index (χ3n) is 3.11. The second kappa shape index (κ2) is 6.90. The summed E-state index contributed by atoms with van der Waals surface area (Å²) in [5.74, 6) is -0.143. The molecule has 0 aliphatic rings. The van der Waals surface area contributed by atoms with Gasteiger partial charge in [-0.15, -0.1) is 16.4 Å². The third kappa shape index (κ3) is 3.34. The van der Waals surface area contributed by atoms with E-state index >= 15 is 0 Å². The van der Waals surface area contributed by atoms with Gasteiger partial charge in [-0.3, -0.25) is 4.79 Å². The first-order valence-corrected chi connectivity index (χ1v) is 7.66.